The Bertz CT molecular complexity index is 769. The van der Waals surface area contributed by atoms with Crippen molar-refractivity contribution in [2.24, 2.45) is 0 Å². The van der Waals surface area contributed by atoms with Gasteiger partial charge in [0.2, 0.25) is 0 Å². The molecule has 3 heterocycles. The summed E-state index contributed by atoms with van der Waals surface area (Å²) in [5.41, 5.74) is 0.783. The number of hydrogen-bond donors (Lipinski definition) is 0. The fourth-order valence-electron chi connectivity index (χ4n) is 2.87. The fourth-order valence-corrected chi connectivity index (χ4v) is 3.34. The maximum atomic E-state index is 12.5. The van der Waals surface area contributed by atoms with Gasteiger partial charge < -0.3 is 4.74 Å². The number of carbonyl (C=O) groups is 1. The van der Waals surface area contributed by atoms with Gasteiger partial charge in [0.1, 0.15) is 15.9 Å². The first kappa shape index (κ1) is 17.3. The van der Waals surface area contributed by atoms with Crippen molar-refractivity contribution in [3.8, 4) is 0 Å². The first-order chi connectivity index (χ1) is 11.2. The summed E-state index contributed by atoms with van der Waals surface area (Å²) < 4.78 is 7.07. The molecule has 1 fully saturated rings. The van der Waals surface area contributed by atoms with Gasteiger partial charge in [0.15, 0.2) is 5.65 Å². The zero-order valence-corrected chi connectivity index (χ0v) is 15.4. The molecule has 24 heavy (non-hydrogen) atoms. The van der Waals surface area contributed by atoms with Crippen molar-refractivity contribution in [2.45, 2.75) is 51.7 Å². The quantitative estimate of drug-likeness (QED) is 0.693. The van der Waals surface area contributed by atoms with Crippen molar-refractivity contribution in [1.29, 1.82) is 0 Å². The Hall–Kier alpha value is -1.53. The predicted octanol–water partition coefficient (Wildman–Crippen LogP) is 4.50. The van der Waals surface area contributed by atoms with E-state index in [1.165, 1.54) is 4.52 Å². The van der Waals surface area contributed by atoms with Gasteiger partial charge in [-0.05, 0) is 40.0 Å². The molecule has 6 nitrogen and oxygen atoms in total. The minimum Gasteiger partial charge on any atom is -0.444 e. The second-order valence-electron chi connectivity index (χ2n) is 6.93. The van der Waals surface area contributed by atoms with Crippen LogP contribution in [0.4, 0.5) is 4.79 Å². The van der Waals surface area contributed by atoms with Crippen molar-refractivity contribution in [1.82, 2.24) is 19.5 Å². The van der Waals surface area contributed by atoms with E-state index in [1.807, 2.05) is 26.8 Å². The van der Waals surface area contributed by atoms with Gasteiger partial charge in [-0.3, -0.25) is 4.90 Å². The van der Waals surface area contributed by atoms with Crippen LogP contribution in [0.2, 0.25) is 10.3 Å². The number of halogens is 2. The standard InChI is InChI=1S/C16H20Cl2N4O2/c1-16(2,3)24-15(23)21-7-5-4-6-11(21)10-8-14-19-12(17)9-13(18)22(14)20-10/h8-9,11H,4-7H2,1-3H3. The van der Waals surface area contributed by atoms with Crippen LogP contribution in [-0.2, 0) is 4.74 Å². The Morgan fingerprint density at radius 3 is 2.75 bits per heavy atom. The van der Waals surface area contributed by atoms with Gasteiger partial charge in [-0.2, -0.15) is 5.10 Å². The van der Waals surface area contributed by atoms with Crippen LogP contribution in [-0.4, -0.2) is 37.7 Å². The van der Waals surface area contributed by atoms with Crippen LogP contribution in [0.5, 0.6) is 0 Å². The molecule has 130 valence electrons. The zero-order chi connectivity index (χ0) is 17.5. The third kappa shape index (κ3) is 3.59. The Labute approximate surface area is 150 Å². The number of piperidine rings is 1. The molecule has 0 N–H and O–H groups in total. The molecule has 1 saturated heterocycles. The monoisotopic (exact) mass is 370 g/mol. The average molecular weight is 371 g/mol. The minimum absolute atomic E-state index is 0.148. The van der Waals surface area contributed by atoms with Crippen LogP contribution in [0, 0.1) is 0 Å². The summed E-state index contributed by atoms with van der Waals surface area (Å²) >= 11 is 12.1. The number of carbonyl (C=O) groups excluding carboxylic acids is 1. The molecule has 0 saturated carbocycles. The molecule has 8 heteroatoms. The van der Waals surface area contributed by atoms with Gasteiger partial charge in [-0.1, -0.05) is 23.2 Å². The van der Waals surface area contributed by atoms with E-state index in [0.29, 0.717) is 22.5 Å². The smallest absolute Gasteiger partial charge is 0.410 e. The van der Waals surface area contributed by atoms with E-state index in [2.05, 4.69) is 10.1 Å². The SMILES string of the molecule is CC(C)(C)OC(=O)N1CCCCC1c1cc2nc(Cl)cc(Cl)n2n1. The van der Waals surface area contributed by atoms with E-state index >= 15 is 0 Å². The van der Waals surface area contributed by atoms with Crippen LogP contribution in [0.3, 0.4) is 0 Å². The van der Waals surface area contributed by atoms with Crippen LogP contribution in [0.1, 0.15) is 51.8 Å². The van der Waals surface area contributed by atoms with Gasteiger partial charge >= 0.3 is 6.09 Å². The van der Waals surface area contributed by atoms with Gasteiger partial charge in [-0.25, -0.2) is 14.3 Å². The molecule has 1 amide bonds. The van der Waals surface area contributed by atoms with E-state index in [-0.39, 0.29) is 12.1 Å². The van der Waals surface area contributed by atoms with Gasteiger partial charge in [-0.15, -0.1) is 0 Å². The van der Waals surface area contributed by atoms with E-state index in [1.54, 1.807) is 11.0 Å². The Morgan fingerprint density at radius 1 is 1.29 bits per heavy atom. The largest absolute Gasteiger partial charge is 0.444 e. The third-order valence-electron chi connectivity index (χ3n) is 3.84. The highest BCUT2D eigenvalue weighted by molar-refractivity contribution is 6.33. The molecule has 1 unspecified atom stereocenters. The normalized spacial score (nSPS) is 18.9. The summed E-state index contributed by atoms with van der Waals surface area (Å²) in [4.78, 5) is 18.5. The highest BCUT2D eigenvalue weighted by Gasteiger charge is 2.33. The second kappa shape index (κ2) is 6.41. The van der Waals surface area contributed by atoms with Crippen LogP contribution in [0.15, 0.2) is 12.1 Å². The maximum absolute atomic E-state index is 12.5. The lowest BCUT2D eigenvalue weighted by Gasteiger charge is -2.35. The van der Waals surface area contributed by atoms with Crippen molar-refractivity contribution >= 4 is 34.9 Å². The van der Waals surface area contributed by atoms with E-state index < -0.39 is 5.60 Å². The summed E-state index contributed by atoms with van der Waals surface area (Å²) in [5, 5.41) is 5.22. The summed E-state index contributed by atoms with van der Waals surface area (Å²) in [7, 11) is 0. The van der Waals surface area contributed by atoms with Gasteiger partial charge in [0.25, 0.3) is 0 Å². The van der Waals surface area contributed by atoms with E-state index in [0.717, 1.165) is 25.0 Å². The lowest BCUT2D eigenvalue weighted by atomic mass is 10.00. The van der Waals surface area contributed by atoms with Crippen LogP contribution in [0.25, 0.3) is 5.65 Å². The number of aromatic nitrogens is 3. The van der Waals surface area contributed by atoms with Gasteiger partial charge in [0, 0.05) is 18.7 Å². The minimum atomic E-state index is -0.531. The summed E-state index contributed by atoms with van der Waals surface area (Å²) in [5.74, 6) is 0. The Kier molecular flexibility index (Phi) is 4.62. The summed E-state index contributed by atoms with van der Waals surface area (Å²) in [6.45, 7) is 6.23. The Balaban J connectivity index is 1.93. The van der Waals surface area contributed by atoms with Gasteiger partial charge in [0.05, 0.1) is 11.7 Å². The Morgan fingerprint density at radius 2 is 2.04 bits per heavy atom. The number of nitrogens with zero attached hydrogens (tertiary/aromatic N) is 4. The topological polar surface area (TPSA) is 59.7 Å². The number of hydrogen-bond acceptors (Lipinski definition) is 4. The molecule has 1 aliphatic rings. The second-order valence-corrected chi connectivity index (χ2v) is 7.70. The summed E-state index contributed by atoms with van der Waals surface area (Å²) in [6.07, 6.45) is 2.49. The lowest BCUT2D eigenvalue weighted by Crippen LogP contribution is -2.42. The predicted molar refractivity (Wildman–Crippen MR) is 92.5 cm³/mol. The number of amides is 1. The number of ether oxygens (including phenoxy) is 1. The third-order valence-corrected chi connectivity index (χ3v) is 4.31. The number of rotatable bonds is 1. The first-order valence-electron chi connectivity index (χ1n) is 7.96. The maximum Gasteiger partial charge on any atom is 0.410 e. The van der Waals surface area contributed by atoms with E-state index in [4.69, 9.17) is 27.9 Å². The van der Waals surface area contributed by atoms with Crippen molar-refractivity contribution in [3.05, 3.63) is 28.1 Å². The van der Waals surface area contributed by atoms with Crippen LogP contribution < -0.4 is 0 Å². The average Bonchev–Trinajstić information content (AvgIpc) is 2.89. The highest BCUT2D eigenvalue weighted by Crippen LogP contribution is 2.32. The molecular weight excluding hydrogens is 351 g/mol. The van der Waals surface area contributed by atoms with Crippen LogP contribution >= 0.6 is 23.2 Å². The summed E-state index contributed by atoms with van der Waals surface area (Å²) in [6, 6.07) is 3.22. The van der Waals surface area contributed by atoms with E-state index in [9.17, 15) is 4.79 Å². The molecule has 1 aliphatic heterocycles. The molecule has 2 aromatic heterocycles. The van der Waals surface area contributed by atoms with Crippen molar-refractivity contribution in [2.75, 3.05) is 6.54 Å². The lowest BCUT2D eigenvalue weighted by molar-refractivity contribution is 0.00898. The molecule has 3 rings (SSSR count). The molecule has 0 aromatic carbocycles. The molecule has 0 spiro atoms. The molecule has 0 bridgehead atoms. The molecule has 2 aromatic rings. The molecule has 0 aliphatic carbocycles. The first-order valence-corrected chi connectivity index (χ1v) is 8.71. The fraction of sp³-hybridized carbons (Fsp3) is 0.562. The zero-order valence-electron chi connectivity index (χ0n) is 13.9. The molecule has 1 atom stereocenters. The highest BCUT2D eigenvalue weighted by atomic mass is 35.5. The number of likely N-dealkylation sites (tertiary alicyclic amines) is 1. The molecule has 0 radical (unpaired) electrons. The molecular formula is C16H20Cl2N4O2. The van der Waals surface area contributed by atoms with Crippen molar-refractivity contribution < 1.29 is 9.53 Å². The number of fused-ring (bicyclic) bond motifs is 1. The van der Waals surface area contributed by atoms with Crippen molar-refractivity contribution in [3.63, 3.8) is 0 Å².